The monoisotopic (exact) mass is 401 g/mol. The van der Waals surface area contributed by atoms with Gasteiger partial charge in [-0.05, 0) is 24.1 Å². The Kier molecular flexibility index (Phi) is 5.69. The predicted molar refractivity (Wildman–Crippen MR) is 92.7 cm³/mol. The molecule has 2 aliphatic heterocycles. The first-order valence-electron chi connectivity index (χ1n) is 8.89. The second kappa shape index (κ2) is 7.86. The molecular weight excluding hydrogens is 379 g/mol. The second-order valence-corrected chi connectivity index (χ2v) is 6.97. The van der Waals surface area contributed by atoms with Crippen molar-refractivity contribution >= 4 is 11.9 Å². The van der Waals surface area contributed by atoms with Crippen molar-refractivity contribution in [1.29, 1.82) is 0 Å². The molecule has 2 heterocycles. The molecule has 7 nitrogen and oxygen atoms in total. The van der Waals surface area contributed by atoms with Crippen LogP contribution in [0.4, 0.5) is 18.0 Å². The lowest BCUT2D eigenvalue weighted by atomic mass is 9.77. The topological polar surface area (TPSA) is 71.1 Å². The lowest BCUT2D eigenvalue weighted by Gasteiger charge is -2.62. The van der Waals surface area contributed by atoms with Gasteiger partial charge in [-0.25, -0.2) is 4.79 Å². The summed E-state index contributed by atoms with van der Waals surface area (Å²) in [5.74, 6) is -0.423. The van der Waals surface area contributed by atoms with E-state index in [1.807, 2.05) is 0 Å². The van der Waals surface area contributed by atoms with Crippen LogP contribution >= 0.6 is 0 Å². The predicted octanol–water partition coefficient (Wildman–Crippen LogP) is 1.77. The lowest BCUT2D eigenvalue weighted by molar-refractivity contribution is -0.274. The molecule has 10 heteroatoms. The number of nitrogens with one attached hydrogen (secondary N) is 1. The Balaban J connectivity index is 1.49. The smallest absolute Gasteiger partial charge is 0.406 e. The van der Waals surface area contributed by atoms with Gasteiger partial charge in [0.2, 0.25) is 5.91 Å². The number of alkyl halides is 3. The molecule has 0 bridgehead atoms. The van der Waals surface area contributed by atoms with Crippen LogP contribution in [0.2, 0.25) is 0 Å². The number of carbonyl (C=O) groups excluding carboxylic acids is 2. The summed E-state index contributed by atoms with van der Waals surface area (Å²) in [5, 5.41) is 2.74. The van der Waals surface area contributed by atoms with Crippen LogP contribution < -0.4 is 10.1 Å². The van der Waals surface area contributed by atoms with Crippen LogP contribution in [0.25, 0.3) is 0 Å². The maximum Gasteiger partial charge on any atom is 0.573 e. The lowest BCUT2D eigenvalue weighted by Crippen LogP contribution is -2.79. The third-order valence-electron chi connectivity index (χ3n) is 5.03. The van der Waals surface area contributed by atoms with E-state index in [0.717, 1.165) is 6.42 Å². The third kappa shape index (κ3) is 4.49. The minimum absolute atomic E-state index is 0.0914. The molecule has 1 N–H and O–H groups in total. The minimum atomic E-state index is -4.74. The van der Waals surface area contributed by atoms with Gasteiger partial charge in [-0.2, -0.15) is 0 Å². The fourth-order valence-corrected chi connectivity index (χ4v) is 3.52. The van der Waals surface area contributed by atoms with Crippen LogP contribution in [0.3, 0.4) is 0 Å². The van der Waals surface area contributed by atoms with Crippen molar-refractivity contribution in [1.82, 2.24) is 15.1 Å². The Morgan fingerprint density at radius 3 is 2.43 bits per heavy atom. The molecule has 0 unspecified atom stereocenters. The Morgan fingerprint density at radius 2 is 1.89 bits per heavy atom. The van der Waals surface area contributed by atoms with Gasteiger partial charge in [0.05, 0.1) is 18.6 Å². The van der Waals surface area contributed by atoms with Gasteiger partial charge >= 0.3 is 12.4 Å². The molecule has 0 saturated carbocycles. The maximum absolute atomic E-state index is 12.6. The number of carbonyl (C=O) groups is 2. The molecule has 1 spiro atoms. The maximum atomic E-state index is 12.6. The van der Waals surface area contributed by atoms with E-state index in [4.69, 9.17) is 4.74 Å². The summed E-state index contributed by atoms with van der Waals surface area (Å²) < 4.78 is 45.3. The Morgan fingerprint density at radius 1 is 1.21 bits per heavy atom. The van der Waals surface area contributed by atoms with Gasteiger partial charge in [0.25, 0.3) is 0 Å². The second-order valence-electron chi connectivity index (χ2n) is 6.97. The van der Waals surface area contributed by atoms with Crippen molar-refractivity contribution in [3.8, 4) is 5.75 Å². The van der Waals surface area contributed by atoms with E-state index in [-0.39, 0.29) is 29.6 Å². The van der Waals surface area contributed by atoms with Crippen LogP contribution in [-0.4, -0.2) is 73.5 Å². The highest BCUT2D eigenvalue weighted by atomic mass is 19.4. The molecule has 0 atom stereocenters. The number of benzene rings is 1. The summed E-state index contributed by atoms with van der Waals surface area (Å²) in [4.78, 5) is 28.0. The van der Waals surface area contributed by atoms with Crippen LogP contribution in [0.5, 0.6) is 5.75 Å². The standard InChI is InChI=1S/C18H22F3N3O4/c1-27-9-7-22-16(26)23-11-17(12-23)6-8-24(17)15(25)10-13-2-4-14(5-3-13)28-18(19,20)21/h2-5H,6-12H2,1H3,(H,22,26). The van der Waals surface area contributed by atoms with E-state index in [2.05, 4.69) is 10.1 Å². The van der Waals surface area contributed by atoms with E-state index in [0.29, 0.717) is 38.3 Å². The number of urea groups is 1. The van der Waals surface area contributed by atoms with E-state index < -0.39 is 6.36 Å². The summed E-state index contributed by atoms with van der Waals surface area (Å²) in [7, 11) is 1.56. The van der Waals surface area contributed by atoms with Gasteiger partial charge in [-0.15, -0.1) is 13.2 Å². The first kappa shape index (κ1) is 20.2. The number of hydrogen-bond donors (Lipinski definition) is 1. The summed E-state index contributed by atoms with van der Waals surface area (Å²) in [6.45, 7) is 2.44. The zero-order valence-electron chi connectivity index (χ0n) is 15.4. The molecule has 2 aliphatic rings. The number of methoxy groups -OCH3 is 1. The summed E-state index contributed by atoms with van der Waals surface area (Å²) >= 11 is 0. The first-order chi connectivity index (χ1) is 13.2. The molecule has 154 valence electrons. The fraction of sp³-hybridized carbons (Fsp3) is 0.556. The molecular formula is C18H22F3N3O4. The van der Waals surface area contributed by atoms with Gasteiger partial charge in [0, 0.05) is 33.3 Å². The molecule has 0 aromatic heterocycles. The van der Waals surface area contributed by atoms with Crippen LogP contribution in [-0.2, 0) is 16.0 Å². The van der Waals surface area contributed by atoms with Crippen molar-refractivity contribution in [2.24, 2.45) is 0 Å². The summed E-state index contributed by atoms with van der Waals surface area (Å²) in [6, 6.07) is 5.10. The number of likely N-dealkylation sites (tertiary alicyclic amines) is 2. The molecule has 3 amide bonds. The third-order valence-corrected chi connectivity index (χ3v) is 5.03. The number of ether oxygens (including phenoxy) is 2. The van der Waals surface area contributed by atoms with Gasteiger partial charge in [-0.3, -0.25) is 4.79 Å². The molecule has 2 saturated heterocycles. The van der Waals surface area contributed by atoms with Gasteiger partial charge < -0.3 is 24.6 Å². The number of hydrogen-bond acceptors (Lipinski definition) is 4. The molecule has 28 heavy (non-hydrogen) atoms. The number of halogens is 3. The van der Waals surface area contributed by atoms with Gasteiger partial charge in [0.1, 0.15) is 5.75 Å². The molecule has 1 aromatic carbocycles. The van der Waals surface area contributed by atoms with E-state index in [1.165, 1.54) is 24.3 Å². The quantitative estimate of drug-likeness (QED) is 0.738. The van der Waals surface area contributed by atoms with Gasteiger partial charge in [-0.1, -0.05) is 12.1 Å². The number of rotatable bonds is 6. The van der Waals surface area contributed by atoms with Crippen LogP contribution in [0.15, 0.2) is 24.3 Å². The first-order valence-corrected chi connectivity index (χ1v) is 8.89. The van der Waals surface area contributed by atoms with Crippen molar-refractivity contribution < 1.29 is 32.2 Å². The highest BCUT2D eigenvalue weighted by Gasteiger charge is 2.56. The molecule has 2 fully saturated rings. The van der Waals surface area contributed by atoms with Gasteiger partial charge in [0.15, 0.2) is 0 Å². The molecule has 0 radical (unpaired) electrons. The Labute approximate surface area is 160 Å². The molecule has 0 aliphatic carbocycles. The zero-order valence-corrected chi connectivity index (χ0v) is 15.4. The van der Waals surface area contributed by atoms with Crippen molar-refractivity contribution in [2.45, 2.75) is 24.7 Å². The molecule has 1 aromatic rings. The Hall–Kier alpha value is -2.49. The SMILES string of the molecule is COCCNC(=O)N1CC2(CCN2C(=O)Cc2ccc(OC(F)(F)F)cc2)C1. The highest BCUT2D eigenvalue weighted by Crippen LogP contribution is 2.39. The summed E-state index contributed by atoms with van der Waals surface area (Å²) in [6.07, 6.45) is -3.82. The van der Waals surface area contributed by atoms with Crippen molar-refractivity contribution in [2.75, 3.05) is 39.9 Å². The minimum Gasteiger partial charge on any atom is -0.406 e. The van der Waals surface area contributed by atoms with Crippen LogP contribution in [0.1, 0.15) is 12.0 Å². The van der Waals surface area contributed by atoms with E-state index >= 15 is 0 Å². The zero-order chi connectivity index (χ0) is 20.4. The summed E-state index contributed by atoms with van der Waals surface area (Å²) in [5.41, 5.74) is 0.296. The number of nitrogens with zero attached hydrogens (tertiary/aromatic N) is 2. The number of amides is 3. The van der Waals surface area contributed by atoms with E-state index in [1.54, 1.807) is 16.9 Å². The fourth-order valence-electron chi connectivity index (χ4n) is 3.52. The van der Waals surface area contributed by atoms with E-state index in [9.17, 15) is 22.8 Å². The molecule has 3 rings (SSSR count). The highest BCUT2D eigenvalue weighted by molar-refractivity contribution is 5.82. The van der Waals surface area contributed by atoms with Crippen molar-refractivity contribution in [3.05, 3.63) is 29.8 Å². The average molecular weight is 401 g/mol. The largest absolute Gasteiger partial charge is 0.573 e. The van der Waals surface area contributed by atoms with Crippen molar-refractivity contribution in [3.63, 3.8) is 0 Å². The van der Waals surface area contributed by atoms with Crippen LogP contribution in [0, 0.1) is 0 Å². The average Bonchev–Trinajstić information content (AvgIpc) is 2.53. The Bertz CT molecular complexity index is 718. The normalized spacial score (nSPS) is 17.7.